The molecule has 0 aliphatic carbocycles. The van der Waals surface area contributed by atoms with Crippen molar-refractivity contribution in [2.24, 2.45) is 0 Å². The molecule has 0 atom stereocenters. The summed E-state index contributed by atoms with van der Waals surface area (Å²) >= 11 is 0. The van der Waals surface area contributed by atoms with E-state index in [9.17, 15) is 30.8 Å². The van der Waals surface area contributed by atoms with Gasteiger partial charge in [0.15, 0.2) is 17.5 Å². The summed E-state index contributed by atoms with van der Waals surface area (Å²) < 4.78 is 79.9. The number of anilines is 1. The maximum atomic E-state index is 13.8. The molecular formula is C18H17F4N3O3S. The van der Waals surface area contributed by atoms with Gasteiger partial charge in [0.2, 0.25) is 15.9 Å². The monoisotopic (exact) mass is 431 g/mol. The van der Waals surface area contributed by atoms with Crippen molar-refractivity contribution in [3.05, 3.63) is 59.7 Å². The van der Waals surface area contributed by atoms with Gasteiger partial charge in [-0.05, 0) is 24.3 Å². The quantitative estimate of drug-likeness (QED) is 0.582. The van der Waals surface area contributed by atoms with Gasteiger partial charge in [0.25, 0.3) is 0 Å². The zero-order chi connectivity index (χ0) is 21.2. The highest BCUT2D eigenvalue weighted by Gasteiger charge is 2.31. The summed E-state index contributed by atoms with van der Waals surface area (Å²) in [6.45, 7) is 0.224. The third-order valence-corrected chi connectivity index (χ3v) is 6.39. The molecule has 1 N–H and O–H groups in total. The van der Waals surface area contributed by atoms with Gasteiger partial charge < -0.3 is 5.32 Å². The van der Waals surface area contributed by atoms with Crippen LogP contribution in [0.2, 0.25) is 0 Å². The zero-order valence-electron chi connectivity index (χ0n) is 15.0. The number of benzene rings is 2. The van der Waals surface area contributed by atoms with Crippen molar-refractivity contribution in [3.8, 4) is 0 Å². The van der Waals surface area contributed by atoms with Crippen LogP contribution in [-0.2, 0) is 14.8 Å². The Kier molecular flexibility index (Phi) is 6.20. The van der Waals surface area contributed by atoms with Crippen molar-refractivity contribution in [3.63, 3.8) is 0 Å². The Bertz CT molecular complexity index is 1030. The van der Waals surface area contributed by atoms with Crippen molar-refractivity contribution >= 4 is 21.6 Å². The van der Waals surface area contributed by atoms with E-state index in [4.69, 9.17) is 0 Å². The standard InChI is InChI=1S/C18H17F4N3O3S/c19-12-3-1-2-4-15(12)29(27,28)25-9-7-24(8-10-25)11-16(26)23-14-6-5-13(20)17(21)18(14)22/h1-6H,7-11H2,(H,23,26). The van der Waals surface area contributed by atoms with Crippen LogP contribution >= 0.6 is 0 Å². The molecule has 1 aliphatic rings. The van der Waals surface area contributed by atoms with Crippen molar-refractivity contribution in [1.29, 1.82) is 0 Å². The summed E-state index contributed by atoms with van der Waals surface area (Å²) in [5.41, 5.74) is -0.491. The Morgan fingerprint density at radius 3 is 2.21 bits per heavy atom. The summed E-state index contributed by atoms with van der Waals surface area (Å²) in [6, 6.07) is 6.66. The van der Waals surface area contributed by atoms with E-state index < -0.39 is 49.8 Å². The molecule has 29 heavy (non-hydrogen) atoms. The molecule has 156 valence electrons. The Labute approximate surface area is 164 Å². The largest absolute Gasteiger partial charge is 0.322 e. The summed E-state index contributed by atoms with van der Waals surface area (Å²) in [5.74, 6) is -6.07. The molecule has 0 radical (unpaired) electrons. The van der Waals surface area contributed by atoms with E-state index in [1.165, 1.54) is 18.2 Å². The predicted molar refractivity (Wildman–Crippen MR) is 96.5 cm³/mol. The topological polar surface area (TPSA) is 69.7 Å². The molecule has 3 rings (SSSR count). The number of amides is 1. The fourth-order valence-electron chi connectivity index (χ4n) is 2.94. The van der Waals surface area contributed by atoms with Gasteiger partial charge in [0.05, 0.1) is 12.2 Å². The van der Waals surface area contributed by atoms with Crippen LogP contribution < -0.4 is 5.32 Å². The first-order valence-electron chi connectivity index (χ1n) is 8.60. The smallest absolute Gasteiger partial charge is 0.246 e. The highest BCUT2D eigenvalue weighted by Crippen LogP contribution is 2.21. The van der Waals surface area contributed by atoms with Crippen LogP contribution in [0.25, 0.3) is 0 Å². The molecule has 1 aliphatic heterocycles. The number of carbonyl (C=O) groups is 1. The highest BCUT2D eigenvalue weighted by molar-refractivity contribution is 7.89. The van der Waals surface area contributed by atoms with Gasteiger partial charge >= 0.3 is 0 Å². The minimum atomic E-state index is -4.00. The van der Waals surface area contributed by atoms with E-state index in [0.29, 0.717) is 6.07 Å². The first-order chi connectivity index (χ1) is 13.7. The number of carbonyl (C=O) groups excluding carboxylic acids is 1. The van der Waals surface area contributed by atoms with E-state index in [1.807, 2.05) is 0 Å². The lowest BCUT2D eigenvalue weighted by atomic mass is 10.2. The van der Waals surface area contributed by atoms with Crippen molar-refractivity contribution < 1.29 is 30.8 Å². The van der Waals surface area contributed by atoms with Gasteiger partial charge in [0.1, 0.15) is 10.7 Å². The lowest BCUT2D eigenvalue weighted by Gasteiger charge is -2.33. The number of hydrogen-bond donors (Lipinski definition) is 1. The number of piperazine rings is 1. The molecule has 0 spiro atoms. The number of halogens is 4. The van der Waals surface area contributed by atoms with Crippen LogP contribution in [0.1, 0.15) is 0 Å². The second-order valence-corrected chi connectivity index (χ2v) is 8.29. The molecule has 2 aromatic carbocycles. The van der Waals surface area contributed by atoms with Gasteiger partial charge in [-0.15, -0.1) is 0 Å². The van der Waals surface area contributed by atoms with Crippen molar-refractivity contribution in [2.75, 3.05) is 38.0 Å². The Balaban J connectivity index is 1.58. The van der Waals surface area contributed by atoms with E-state index in [-0.39, 0.29) is 32.7 Å². The second-order valence-electron chi connectivity index (χ2n) is 6.38. The summed E-state index contributed by atoms with van der Waals surface area (Å²) in [5, 5.41) is 2.16. The molecule has 2 aromatic rings. The fraction of sp³-hybridized carbons (Fsp3) is 0.278. The van der Waals surface area contributed by atoms with Crippen LogP contribution in [0.4, 0.5) is 23.2 Å². The highest BCUT2D eigenvalue weighted by atomic mass is 32.2. The average Bonchev–Trinajstić information content (AvgIpc) is 2.69. The normalized spacial score (nSPS) is 16.0. The summed E-state index contributed by atoms with van der Waals surface area (Å²) in [6.07, 6.45) is 0. The number of rotatable bonds is 5. The lowest BCUT2D eigenvalue weighted by Crippen LogP contribution is -2.50. The fourth-order valence-corrected chi connectivity index (χ4v) is 4.42. The molecule has 1 fully saturated rings. The van der Waals surface area contributed by atoms with Gasteiger partial charge in [-0.1, -0.05) is 12.1 Å². The van der Waals surface area contributed by atoms with E-state index in [0.717, 1.165) is 16.4 Å². The molecule has 0 bridgehead atoms. The SMILES string of the molecule is O=C(CN1CCN(S(=O)(=O)c2ccccc2F)CC1)Nc1ccc(F)c(F)c1F. The van der Waals surface area contributed by atoms with Crippen LogP contribution in [0.15, 0.2) is 41.3 Å². The van der Waals surface area contributed by atoms with Crippen LogP contribution in [0, 0.1) is 23.3 Å². The number of nitrogens with one attached hydrogen (secondary N) is 1. The molecular weight excluding hydrogens is 414 g/mol. The first-order valence-corrected chi connectivity index (χ1v) is 10.0. The predicted octanol–water partition coefficient (Wildman–Crippen LogP) is 2.19. The molecule has 11 heteroatoms. The molecule has 1 heterocycles. The average molecular weight is 431 g/mol. The molecule has 0 aromatic heterocycles. The first kappa shape index (κ1) is 21.2. The van der Waals surface area contributed by atoms with Crippen LogP contribution in [0.5, 0.6) is 0 Å². The van der Waals surface area contributed by atoms with Gasteiger partial charge in [-0.25, -0.2) is 26.0 Å². The molecule has 1 saturated heterocycles. The zero-order valence-corrected chi connectivity index (χ0v) is 15.9. The molecule has 6 nitrogen and oxygen atoms in total. The number of sulfonamides is 1. The second kappa shape index (κ2) is 8.47. The lowest BCUT2D eigenvalue weighted by molar-refractivity contribution is -0.117. The Morgan fingerprint density at radius 2 is 1.55 bits per heavy atom. The van der Waals surface area contributed by atoms with Crippen molar-refractivity contribution in [1.82, 2.24) is 9.21 Å². The third-order valence-electron chi connectivity index (χ3n) is 4.46. The molecule has 0 unspecified atom stereocenters. The van der Waals surface area contributed by atoms with Gasteiger partial charge in [0, 0.05) is 26.2 Å². The van der Waals surface area contributed by atoms with E-state index >= 15 is 0 Å². The maximum Gasteiger partial charge on any atom is 0.246 e. The maximum absolute atomic E-state index is 13.8. The minimum absolute atomic E-state index is 0.0312. The summed E-state index contributed by atoms with van der Waals surface area (Å²) in [4.78, 5) is 13.3. The van der Waals surface area contributed by atoms with E-state index in [1.54, 1.807) is 4.90 Å². The van der Waals surface area contributed by atoms with Crippen molar-refractivity contribution in [2.45, 2.75) is 4.90 Å². The number of nitrogens with zero attached hydrogens (tertiary/aromatic N) is 2. The summed E-state index contributed by atoms with van der Waals surface area (Å²) in [7, 11) is -4.00. The Hall–Kier alpha value is -2.50. The molecule has 1 amide bonds. The van der Waals surface area contributed by atoms with Crippen LogP contribution in [-0.4, -0.2) is 56.3 Å². The van der Waals surface area contributed by atoms with Crippen LogP contribution in [0.3, 0.4) is 0 Å². The minimum Gasteiger partial charge on any atom is -0.322 e. The number of hydrogen-bond acceptors (Lipinski definition) is 4. The third kappa shape index (κ3) is 4.57. The van der Waals surface area contributed by atoms with Gasteiger partial charge in [-0.2, -0.15) is 4.31 Å². The van der Waals surface area contributed by atoms with E-state index in [2.05, 4.69) is 5.32 Å². The Morgan fingerprint density at radius 1 is 0.897 bits per heavy atom. The van der Waals surface area contributed by atoms with Gasteiger partial charge in [-0.3, -0.25) is 9.69 Å². The molecule has 0 saturated carbocycles.